The van der Waals surface area contributed by atoms with Gasteiger partial charge in [-0.25, -0.2) is 4.68 Å². The average Bonchev–Trinajstić information content (AvgIpc) is 3.02. The van der Waals surface area contributed by atoms with Crippen molar-refractivity contribution in [1.29, 1.82) is 0 Å². The van der Waals surface area contributed by atoms with Gasteiger partial charge in [0.15, 0.2) is 11.5 Å². The number of rotatable bonds is 4. The molecule has 11 heteroatoms. The Morgan fingerprint density at radius 2 is 1.78 bits per heavy atom. The van der Waals surface area contributed by atoms with Gasteiger partial charge in [0.05, 0.1) is 25.1 Å². The maximum absolute atomic E-state index is 13.2. The Hall–Kier alpha value is -3.34. The van der Waals surface area contributed by atoms with Crippen molar-refractivity contribution in [3.05, 3.63) is 46.2 Å². The number of ether oxygens (including phenoxy) is 4. The number of hydrogen-bond acceptors (Lipinski definition) is 6. The summed E-state index contributed by atoms with van der Waals surface area (Å²) in [7, 11) is 2.88. The standard InChI is InChI=1S/C21H21F3N2O6/c1-20(2)18(27)17(12-7-10(31-21(22,23)24)5-6-14(12)32-20)26-19(28)11-8-15(29-3)16(30-4)9-13(11)25-26/h5-9,17-18,25,27H,1-4H3/t17-,18+/m1/s1. The number of aromatic nitrogens is 2. The Labute approximate surface area is 180 Å². The number of nitrogens with zero attached hydrogens (tertiary/aromatic N) is 1. The number of hydrogen-bond donors (Lipinski definition) is 2. The molecule has 0 saturated carbocycles. The summed E-state index contributed by atoms with van der Waals surface area (Å²) in [5.41, 5.74) is -1.09. The number of alkyl halides is 3. The summed E-state index contributed by atoms with van der Waals surface area (Å²) < 4.78 is 59.7. The van der Waals surface area contributed by atoms with Gasteiger partial charge in [0.2, 0.25) is 0 Å². The molecule has 32 heavy (non-hydrogen) atoms. The molecule has 2 atom stereocenters. The number of benzene rings is 2. The van der Waals surface area contributed by atoms with Crippen molar-refractivity contribution in [3.8, 4) is 23.0 Å². The molecular weight excluding hydrogens is 433 g/mol. The lowest BCUT2D eigenvalue weighted by atomic mass is 9.86. The summed E-state index contributed by atoms with van der Waals surface area (Å²) in [6.45, 7) is 3.24. The van der Waals surface area contributed by atoms with Crippen LogP contribution >= 0.6 is 0 Å². The number of H-pyrrole nitrogens is 1. The molecule has 2 N–H and O–H groups in total. The van der Waals surface area contributed by atoms with E-state index in [1.165, 1.54) is 26.4 Å². The molecule has 0 fully saturated rings. The normalized spacial score (nSPS) is 19.9. The van der Waals surface area contributed by atoms with Crippen molar-refractivity contribution in [2.24, 2.45) is 0 Å². The minimum Gasteiger partial charge on any atom is -0.493 e. The number of fused-ring (bicyclic) bond motifs is 2. The third-order valence-corrected chi connectivity index (χ3v) is 5.41. The first-order valence-corrected chi connectivity index (χ1v) is 9.58. The monoisotopic (exact) mass is 454 g/mol. The summed E-state index contributed by atoms with van der Waals surface area (Å²) in [4.78, 5) is 13.2. The molecule has 4 rings (SSSR count). The van der Waals surface area contributed by atoms with E-state index in [2.05, 4.69) is 9.84 Å². The van der Waals surface area contributed by atoms with Gasteiger partial charge < -0.3 is 24.1 Å². The molecule has 1 aromatic heterocycles. The number of halogens is 3. The first-order chi connectivity index (χ1) is 14.9. The second kappa shape index (κ2) is 7.37. The highest BCUT2D eigenvalue weighted by Gasteiger charge is 2.45. The van der Waals surface area contributed by atoms with Crippen LogP contribution in [-0.2, 0) is 0 Å². The van der Waals surface area contributed by atoms with E-state index >= 15 is 0 Å². The maximum atomic E-state index is 13.2. The maximum Gasteiger partial charge on any atom is 0.573 e. The number of aliphatic hydroxyl groups excluding tert-OH is 1. The van der Waals surface area contributed by atoms with Gasteiger partial charge in [0.25, 0.3) is 5.56 Å². The number of methoxy groups -OCH3 is 2. The van der Waals surface area contributed by atoms with Gasteiger partial charge in [-0.1, -0.05) is 0 Å². The molecule has 0 amide bonds. The SMILES string of the molecule is COc1cc2[nH]n([C@@H]3c4cc(OC(F)(F)F)ccc4OC(C)(C)[C@H]3O)c(=O)c2cc1OC. The van der Waals surface area contributed by atoms with Crippen LogP contribution in [0.25, 0.3) is 10.9 Å². The van der Waals surface area contributed by atoms with Gasteiger partial charge in [-0.3, -0.25) is 9.89 Å². The van der Waals surface area contributed by atoms with E-state index in [1.807, 2.05) is 0 Å². The summed E-state index contributed by atoms with van der Waals surface area (Å²) >= 11 is 0. The van der Waals surface area contributed by atoms with Crippen molar-refractivity contribution in [1.82, 2.24) is 9.78 Å². The van der Waals surface area contributed by atoms with Crippen LogP contribution < -0.4 is 24.5 Å². The lowest BCUT2D eigenvalue weighted by molar-refractivity contribution is -0.274. The molecule has 0 aliphatic carbocycles. The average molecular weight is 454 g/mol. The quantitative estimate of drug-likeness (QED) is 0.628. The molecule has 2 heterocycles. The Kier molecular flexibility index (Phi) is 5.04. The highest BCUT2D eigenvalue weighted by atomic mass is 19.4. The van der Waals surface area contributed by atoms with E-state index in [4.69, 9.17) is 14.2 Å². The molecule has 1 aliphatic rings. The fraction of sp³-hybridized carbons (Fsp3) is 0.381. The van der Waals surface area contributed by atoms with E-state index < -0.39 is 35.4 Å². The number of aromatic amines is 1. The molecule has 0 unspecified atom stereocenters. The zero-order valence-corrected chi connectivity index (χ0v) is 17.6. The summed E-state index contributed by atoms with van der Waals surface area (Å²) in [5, 5.41) is 14.2. The highest BCUT2D eigenvalue weighted by molar-refractivity contribution is 5.82. The van der Waals surface area contributed by atoms with Crippen LogP contribution in [0.2, 0.25) is 0 Å². The molecular formula is C21H21F3N2O6. The Morgan fingerprint density at radius 3 is 2.41 bits per heavy atom. The highest BCUT2D eigenvalue weighted by Crippen LogP contribution is 2.43. The third kappa shape index (κ3) is 3.62. The van der Waals surface area contributed by atoms with Crippen LogP contribution in [0.4, 0.5) is 13.2 Å². The minimum atomic E-state index is -4.90. The summed E-state index contributed by atoms with van der Waals surface area (Å²) in [5.74, 6) is 0.435. The predicted molar refractivity (Wildman–Crippen MR) is 108 cm³/mol. The lowest BCUT2D eigenvalue weighted by Gasteiger charge is -2.42. The van der Waals surface area contributed by atoms with Crippen LogP contribution in [0.3, 0.4) is 0 Å². The number of nitrogens with one attached hydrogen (secondary N) is 1. The van der Waals surface area contributed by atoms with Crippen molar-refractivity contribution < 1.29 is 37.2 Å². The second-order valence-electron chi connectivity index (χ2n) is 7.88. The predicted octanol–water partition coefficient (Wildman–Crippen LogP) is 3.37. The van der Waals surface area contributed by atoms with Crippen LogP contribution in [0.1, 0.15) is 25.5 Å². The summed E-state index contributed by atoms with van der Waals surface area (Å²) in [6.07, 6.45) is -6.19. The van der Waals surface area contributed by atoms with Crippen LogP contribution in [0, 0.1) is 0 Å². The van der Waals surface area contributed by atoms with E-state index in [0.29, 0.717) is 17.0 Å². The Balaban J connectivity index is 1.92. The molecule has 2 aromatic carbocycles. The Bertz CT molecular complexity index is 1230. The van der Waals surface area contributed by atoms with E-state index in [1.54, 1.807) is 19.9 Å². The molecule has 8 nitrogen and oxygen atoms in total. The smallest absolute Gasteiger partial charge is 0.493 e. The molecule has 0 saturated heterocycles. The van der Waals surface area contributed by atoms with Crippen molar-refractivity contribution in [2.45, 2.75) is 38.0 Å². The third-order valence-electron chi connectivity index (χ3n) is 5.41. The van der Waals surface area contributed by atoms with Crippen LogP contribution in [0.5, 0.6) is 23.0 Å². The molecule has 0 bridgehead atoms. The molecule has 3 aromatic rings. The van der Waals surface area contributed by atoms with Crippen LogP contribution in [0.15, 0.2) is 35.1 Å². The zero-order chi connectivity index (χ0) is 23.4. The van der Waals surface area contributed by atoms with Crippen molar-refractivity contribution in [2.75, 3.05) is 14.2 Å². The molecule has 172 valence electrons. The zero-order valence-electron chi connectivity index (χ0n) is 17.6. The van der Waals surface area contributed by atoms with Gasteiger partial charge in [0.1, 0.15) is 29.2 Å². The van der Waals surface area contributed by atoms with Gasteiger partial charge >= 0.3 is 6.36 Å². The molecule has 1 aliphatic heterocycles. The minimum absolute atomic E-state index is 0.158. The van der Waals surface area contributed by atoms with Crippen molar-refractivity contribution >= 4 is 10.9 Å². The van der Waals surface area contributed by atoms with E-state index in [9.17, 15) is 23.1 Å². The fourth-order valence-corrected chi connectivity index (χ4v) is 3.88. The lowest BCUT2D eigenvalue weighted by Crippen LogP contribution is -2.52. The van der Waals surface area contributed by atoms with Gasteiger partial charge in [-0.2, -0.15) is 0 Å². The molecule has 0 spiro atoms. The second-order valence-corrected chi connectivity index (χ2v) is 7.88. The first kappa shape index (κ1) is 21.9. The summed E-state index contributed by atoms with van der Waals surface area (Å²) in [6, 6.07) is 5.50. The fourth-order valence-electron chi connectivity index (χ4n) is 3.88. The topological polar surface area (TPSA) is 94.9 Å². The van der Waals surface area contributed by atoms with Gasteiger partial charge in [-0.15, -0.1) is 13.2 Å². The Morgan fingerprint density at radius 1 is 1.12 bits per heavy atom. The van der Waals surface area contributed by atoms with Crippen LogP contribution in [-0.4, -0.2) is 47.2 Å². The first-order valence-electron chi connectivity index (χ1n) is 9.58. The van der Waals surface area contributed by atoms with Gasteiger partial charge in [0, 0.05) is 11.6 Å². The largest absolute Gasteiger partial charge is 0.573 e. The van der Waals surface area contributed by atoms with Crippen molar-refractivity contribution in [3.63, 3.8) is 0 Å². The molecule has 0 radical (unpaired) electrons. The van der Waals surface area contributed by atoms with E-state index in [-0.39, 0.29) is 16.7 Å². The number of aliphatic hydroxyl groups is 1. The van der Waals surface area contributed by atoms with E-state index in [0.717, 1.165) is 16.8 Å². The van der Waals surface area contributed by atoms with Gasteiger partial charge in [-0.05, 0) is 38.1 Å².